The van der Waals surface area contributed by atoms with Gasteiger partial charge >= 0.3 is 0 Å². The summed E-state index contributed by atoms with van der Waals surface area (Å²) in [6.45, 7) is 1.87. The van der Waals surface area contributed by atoms with Gasteiger partial charge in [-0.05, 0) is 41.8 Å². The third-order valence-electron chi connectivity index (χ3n) is 3.34. The molecule has 0 unspecified atom stereocenters. The Bertz CT molecular complexity index is 823. The molecule has 0 bridgehead atoms. The van der Waals surface area contributed by atoms with Gasteiger partial charge in [0.15, 0.2) is 0 Å². The average molecular weight is 351 g/mol. The minimum atomic E-state index is -3.87. The first-order chi connectivity index (χ1) is 11.2. The van der Waals surface area contributed by atoms with Gasteiger partial charge in [-0.2, -0.15) is 8.42 Å². The van der Waals surface area contributed by atoms with Crippen molar-refractivity contribution in [3.8, 4) is 0 Å². The highest BCUT2D eigenvalue weighted by Gasteiger charge is 2.12. The second-order valence-corrected chi connectivity index (χ2v) is 6.73. The van der Waals surface area contributed by atoms with Gasteiger partial charge in [0.1, 0.15) is 5.82 Å². The van der Waals surface area contributed by atoms with E-state index in [9.17, 15) is 17.6 Å². The zero-order chi connectivity index (χ0) is 17.7. The minimum Gasteiger partial charge on any atom is -0.326 e. The third kappa shape index (κ3) is 5.64. The van der Waals surface area contributed by atoms with Crippen LogP contribution in [0.4, 0.5) is 15.8 Å². The second-order valence-electron chi connectivity index (χ2n) is 5.43. The molecule has 1 amide bonds. The molecule has 2 rings (SSSR count). The summed E-state index contributed by atoms with van der Waals surface area (Å²) in [7, 11) is -3.87. The van der Waals surface area contributed by atoms with E-state index in [1.807, 2.05) is 6.92 Å². The molecular formula is C16H18FN3O3S. The lowest BCUT2D eigenvalue weighted by Gasteiger charge is -2.13. The number of anilines is 2. The molecule has 0 aliphatic heterocycles. The van der Waals surface area contributed by atoms with Crippen LogP contribution in [-0.4, -0.2) is 14.3 Å². The maximum atomic E-state index is 12.9. The molecule has 2 aromatic rings. The molecule has 6 nitrogen and oxygen atoms in total. The van der Waals surface area contributed by atoms with Gasteiger partial charge in [-0.3, -0.25) is 9.52 Å². The zero-order valence-electron chi connectivity index (χ0n) is 13.0. The minimum absolute atomic E-state index is 0.0867. The number of carbonyl (C=O) groups is 1. The SMILES string of the molecule is C[C@@H](CC(=O)Nc1cccc(NS(N)(=O)=O)c1)c1ccc(F)cc1. The fourth-order valence-corrected chi connectivity index (χ4v) is 2.68. The van der Waals surface area contributed by atoms with Gasteiger partial charge in [0, 0.05) is 12.1 Å². The van der Waals surface area contributed by atoms with Crippen molar-refractivity contribution in [2.45, 2.75) is 19.3 Å². The Morgan fingerprint density at radius 1 is 1.17 bits per heavy atom. The van der Waals surface area contributed by atoms with Gasteiger partial charge in [0.05, 0.1) is 5.69 Å². The van der Waals surface area contributed by atoms with Crippen molar-refractivity contribution >= 4 is 27.5 Å². The lowest BCUT2D eigenvalue weighted by molar-refractivity contribution is -0.116. The Morgan fingerprint density at radius 3 is 2.42 bits per heavy atom. The molecule has 4 N–H and O–H groups in total. The number of carbonyl (C=O) groups excluding carboxylic acids is 1. The lowest BCUT2D eigenvalue weighted by Crippen LogP contribution is -2.21. The molecule has 0 aliphatic rings. The topological polar surface area (TPSA) is 101 Å². The van der Waals surface area contributed by atoms with E-state index in [0.717, 1.165) is 5.56 Å². The van der Waals surface area contributed by atoms with Gasteiger partial charge in [0.2, 0.25) is 5.91 Å². The summed E-state index contributed by atoms with van der Waals surface area (Å²) in [4.78, 5) is 12.1. The first kappa shape index (κ1) is 17.9. The third-order valence-corrected chi connectivity index (χ3v) is 3.86. The average Bonchev–Trinajstić information content (AvgIpc) is 2.46. The van der Waals surface area contributed by atoms with E-state index in [2.05, 4.69) is 10.0 Å². The number of amides is 1. The molecule has 0 saturated carbocycles. The Balaban J connectivity index is 1.99. The van der Waals surface area contributed by atoms with Gasteiger partial charge in [0.25, 0.3) is 10.2 Å². The van der Waals surface area contributed by atoms with Crippen LogP contribution in [0.2, 0.25) is 0 Å². The fraction of sp³-hybridized carbons (Fsp3) is 0.188. The maximum absolute atomic E-state index is 12.9. The summed E-state index contributed by atoms with van der Waals surface area (Å²) in [5.74, 6) is -0.648. The van der Waals surface area contributed by atoms with Crippen LogP contribution in [-0.2, 0) is 15.0 Å². The largest absolute Gasteiger partial charge is 0.326 e. The maximum Gasteiger partial charge on any atom is 0.296 e. The highest BCUT2D eigenvalue weighted by Crippen LogP contribution is 2.21. The molecule has 0 aromatic heterocycles. The Hall–Kier alpha value is -2.45. The fourth-order valence-electron chi connectivity index (χ4n) is 2.22. The van der Waals surface area contributed by atoms with E-state index in [0.29, 0.717) is 5.69 Å². The van der Waals surface area contributed by atoms with E-state index >= 15 is 0 Å². The van der Waals surface area contributed by atoms with Crippen molar-refractivity contribution in [3.63, 3.8) is 0 Å². The number of rotatable bonds is 6. The Labute approximate surface area is 140 Å². The molecule has 24 heavy (non-hydrogen) atoms. The summed E-state index contributed by atoms with van der Waals surface area (Å²) >= 11 is 0. The number of benzene rings is 2. The first-order valence-electron chi connectivity index (χ1n) is 7.19. The summed E-state index contributed by atoms with van der Waals surface area (Å²) in [5.41, 5.74) is 1.55. The lowest BCUT2D eigenvalue weighted by atomic mass is 9.97. The predicted octanol–water partition coefficient (Wildman–Crippen LogP) is 2.57. The molecule has 1 atom stereocenters. The number of hydrogen-bond donors (Lipinski definition) is 3. The van der Waals surface area contributed by atoms with E-state index in [4.69, 9.17) is 5.14 Å². The predicted molar refractivity (Wildman–Crippen MR) is 91.2 cm³/mol. The van der Waals surface area contributed by atoms with Crippen molar-refractivity contribution in [3.05, 3.63) is 59.9 Å². The van der Waals surface area contributed by atoms with E-state index in [1.54, 1.807) is 24.3 Å². The van der Waals surface area contributed by atoms with Crippen LogP contribution < -0.4 is 15.2 Å². The second kappa shape index (κ2) is 7.41. The molecular weight excluding hydrogens is 333 g/mol. The smallest absolute Gasteiger partial charge is 0.296 e. The van der Waals surface area contributed by atoms with Crippen LogP contribution in [0.25, 0.3) is 0 Å². The molecule has 2 aromatic carbocycles. The first-order valence-corrected chi connectivity index (χ1v) is 8.73. The monoisotopic (exact) mass is 351 g/mol. The van der Waals surface area contributed by atoms with Gasteiger partial charge < -0.3 is 5.32 Å². The van der Waals surface area contributed by atoms with Gasteiger partial charge in [-0.1, -0.05) is 25.1 Å². The number of halogens is 1. The van der Waals surface area contributed by atoms with E-state index < -0.39 is 10.2 Å². The van der Waals surface area contributed by atoms with Crippen LogP contribution in [0.15, 0.2) is 48.5 Å². The molecule has 0 aliphatic carbocycles. The standard InChI is InChI=1S/C16H18FN3O3S/c1-11(12-5-7-13(17)8-6-12)9-16(21)19-14-3-2-4-15(10-14)20-24(18,22)23/h2-8,10-11,20H,9H2,1H3,(H,19,21)(H2,18,22,23)/t11-/m0/s1. The Morgan fingerprint density at radius 2 is 1.79 bits per heavy atom. The molecule has 0 saturated heterocycles. The Kier molecular flexibility index (Phi) is 5.53. The summed E-state index contributed by atoms with van der Waals surface area (Å²) in [6, 6.07) is 12.2. The normalized spacial score (nSPS) is 12.5. The van der Waals surface area contributed by atoms with Crippen LogP contribution in [0.3, 0.4) is 0 Å². The number of nitrogens with two attached hydrogens (primary N) is 1. The summed E-state index contributed by atoms with van der Waals surface area (Å²) in [5, 5.41) is 7.60. The molecule has 0 radical (unpaired) electrons. The van der Waals surface area contributed by atoms with Crippen LogP contribution in [0, 0.1) is 5.82 Å². The van der Waals surface area contributed by atoms with Crippen molar-refractivity contribution in [1.29, 1.82) is 0 Å². The van der Waals surface area contributed by atoms with Crippen LogP contribution >= 0.6 is 0 Å². The van der Waals surface area contributed by atoms with Gasteiger partial charge in [-0.15, -0.1) is 0 Å². The van der Waals surface area contributed by atoms with E-state index in [1.165, 1.54) is 24.3 Å². The molecule has 128 valence electrons. The molecule has 0 heterocycles. The van der Waals surface area contributed by atoms with Crippen molar-refractivity contribution in [2.75, 3.05) is 10.0 Å². The quantitative estimate of drug-likeness (QED) is 0.745. The zero-order valence-corrected chi connectivity index (χ0v) is 13.8. The summed E-state index contributed by atoms with van der Waals surface area (Å²) in [6.07, 6.45) is 0.207. The van der Waals surface area contributed by atoms with Crippen molar-refractivity contribution in [2.24, 2.45) is 5.14 Å². The van der Waals surface area contributed by atoms with Gasteiger partial charge in [-0.25, -0.2) is 9.53 Å². The van der Waals surface area contributed by atoms with Crippen LogP contribution in [0.1, 0.15) is 24.8 Å². The molecule has 0 fully saturated rings. The summed E-state index contributed by atoms with van der Waals surface area (Å²) < 4.78 is 37.1. The molecule has 8 heteroatoms. The number of nitrogens with one attached hydrogen (secondary N) is 2. The van der Waals surface area contributed by atoms with E-state index in [-0.39, 0.29) is 29.8 Å². The van der Waals surface area contributed by atoms with Crippen molar-refractivity contribution < 1.29 is 17.6 Å². The number of hydrogen-bond acceptors (Lipinski definition) is 3. The van der Waals surface area contributed by atoms with Crippen molar-refractivity contribution in [1.82, 2.24) is 0 Å². The molecule has 0 spiro atoms. The van der Waals surface area contributed by atoms with Crippen LogP contribution in [0.5, 0.6) is 0 Å². The highest BCUT2D eigenvalue weighted by atomic mass is 32.2. The highest BCUT2D eigenvalue weighted by molar-refractivity contribution is 7.90.